The van der Waals surface area contributed by atoms with Crippen molar-refractivity contribution in [3.05, 3.63) is 33.4 Å². The average Bonchev–Trinajstić information content (AvgIpc) is 2.87. The Bertz CT molecular complexity index is 671. The minimum absolute atomic E-state index is 0.554. The fourth-order valence-electron chi connectivity index (χ4n) is 1.65. The maximum absolute atomic E-state index is 5.90. The van der Waals surface area contributed by atoms with E-state index in [4.69, 9.17) is 5.73 Å². The predicted molar refractivity (Wildman–Crippen MR) is 71.5 cm³/mol. The third kappa shape index (κ3) is 2.01. The molecule has 0 spiro atoms. The maximum atomic E-state index is 5.90. The summed E-state index contributed by atoms with van der Waals surface area (Å²) < 4.78 is 0. The molecule has 0 aliphatic rings. The largest absolute Gasteiger partial charge is 0.383 e. The van der Waals surface area contributed by atoms with Gasteiger partial charge in [0.25, 0.3) is 0 Å². The number of anilines is 1. The number of hydrogen-bond donors (Lipinski definition) is 1. The van der Waals surface area contributed by atoms with Crippen molar-refractivity contribution < 1.29 is 0 Å². The molecule has 17 heavy (non-hydrogen) atoms. The molecular formula is C11H10N4S2. The minimum Gasteiger partial charge on any atom is -0.383 e. The molecule has 0 unspecified atom stereocenters. The molecule has 86 valence electrons. The molecule has 3 aromatic rings. The zero-order valence-corrected chi connectivity index (χ0v) is 10.8. The van der Waals surface area contributed by atoms with E-state index in [1.807, 2.05) is 23.8 Å². The van der Waals surface area contributed by atoms with Gasteiger partial charge in [-0.2, -0.15) is 0 Å². The number of fused-ring (bicyclic) bond motifs is 1. The summed E-state index contributed by atoms with van der Waals surface area (Å²) in [6.45, 7) is 1.99. The van der Waals surface area contributed by atoms with Crippen LogP contribution in [0.2, 0.25) is 0 Å². The topological polar surface area (TPSA) is 64.7 Å². The highest BCUT2D eigenvalue weighted by Crippen LogP contribution is 2.23. The van der Waals surface area contributed by atoms with Gasteiger partial charge >= 0.3 is 0 Å². The second-order valence-electron chi connectivity index (χ2n) is 3.70. The van der Waals surface area contributed by atoms with E-state index in [0.717, 1.165) is 26.7 Å². The number of nitrogens with two attached hydrogens (primary N) is 1. The van der Waals surface area contributed by atoms with Crippen LogP contribution >= 0.6 is 22.7 Å². The molecule has 0 radical (unpaired) electrons. The third-order valence-electron chi connectivity index (χ3n) is 2.41. The van der Waals surface area contributed by atoms with Gasteiger partial charge in [0.1, 0.15) is 16.5 Å². The van der Waals surface area contributed by atoms with Crippen LogP contribution < -0.4 is 5.73 Å². The zero-order chi connectivity index (χ0) is 11.8. The molecule has 0 fully saturated rings. The summed E-state index contributed by atoms with van der Waals surface area (Å²) in [4.78, 5) is 14.2. The molecule has 0 atom stereocenters. The molecule has 3 heterocycles. The summed E-state index contributed by atoms with van der Waals surface area (Å²) in [5.74, 6) is 1.29. The molecule has 3 aromatic heterocycles. The van der Waals surface area contributed by atoms with Crippen LogP contribution in [0.4, 0.5) is 5.82 Å². The first kappa shape index (κ1) is 10.6. The lowest BCUT2D eigenvalue weighted by atomic mass is 10.3. The van der Waals surface area contributed by atoms with Crippen molar-refractivity contribution in [3.63, 3.8) is 0 Å². The Morgan fingerprint density at radius 2 is 2.12 bits per heavy atom. The first-order chi connectivity index (χ1) is 8.22. The summed E-state index contributed by atoms with van der Waals surface area (Å²) >= 11 is 3.22. The van der Waals surface area contributed by atoms with Crippen molar-refractivity contribution in [2.45, 2.75) is 13.3 Å². The summed E-state index contributed by atoms with van der Waals surface area (Å²) in [7, 11) is 0. The maximum Gasteiger partial charge on any atom is 0.138 e. The molecule has 0 aliphatic carbocycles. The highest BCUT2D eigenvalue weighted by atomic mass is 32.1. The van der Waals surface area contributed by atoms with Gasteiger partial charge in [-0.15, -0.1) is 22.7 Å². The van der Waals surface area contributed by atoms with E-state index in [9.17, 15) is 0 Å². The van der Waals surface area contributed by atoms with Gasteiger partial charge in [0.2, 0.25) is 0 Å². The van der Waals surface area contributed by atoms with Gasteiger partial charge in [0, 0.05) is 5.38 Å². The predicted octanol–water partition coefficient (Wildman–Crippen LogP) is 2.63. The number of aromatic nitrogens is 3. The molecule has 3 rings (SSSR count). The lowest BCUT2D eigenvalue weighted by Gasteiger charge is -2.00. The molecule has 0 saturated carbocycles. The van der Waals surface area contributed by atoms with Gasteiger partial charge in [0.15, 0.2) is 0 Å². The Morgan fingerprint density at radius 1 is 1.24 bits per heavy atom. The summed E-state index contributed by atoms with van der Waals surface area (Å²) in [6, 6.07) is 1.95. The second-order valence-corrected chi connectivity index (χ2v) is 5.66. The number of nitrogens with zero attached hydrogens (tertiary/aromatic N) is 3. The third-order valence-corrected chi connectivity index (χ3v) is 4.04. The van der Waals surface area contributed by atoms with E-state index in [-0.39, 0.29) is 0 Å². The number of thiophene rings is 1. The second kappa shape index (κ2) is 4.05. The van der Waals surface area contributed by atoms with E-state index in [2.05, 4.69) is 15.0 Å². The smallest absolute Gasteiger partial charge is 0.138 e. The number of aryl methyl sites for hydroxylation is 1. The Labute approximate surface area is 106 Å². The average molecular weight is 262 g/mol. The van der Waals surface area contributed by atoms with Crippen LogP contribution in [0, 0.1) is 6.92 Å². The number of thiazole rings is 1. The van der Waals surface area contributed by atoms with Crippen LogP contribution in [0.15, 0.2) is 16.8 Å². The SMILES string of the molecule is Cc1nc(Cc2nc(N)c3ccsc3n2)cs1. The van der Waals surface area contributed by atoms with Gasteiger partial charge in [-0.1, -0.05) is 0 Å². The zero-order valence-electron chi connectivity index (χ0n) is 9.17. The fourth-order valence-corrected chi connectivity index (χ4v) is 3.06. The summed E-state index contributed by atoms with van der Waals surface area (Å²) in [6.07, 6.45) is 0.641. The summed E-state index contributed by atoms with van der Waals surface area (Å²) in [5, 5.41) is 6.01. The van der Waals surface area contributed by atoms with Crippen LogP contribution in [-0.2, 0) is 6.42 Å². The van der Waals surface area contributed by atoms with Crippen molar-refractivity contribution in [1.29, 1.82) is 0 Å². The standard InChI is InChI=1S/C11H10N4S2/c1-6-13-7(5-17-6)4-9-14-10(12)8-2-3-16-11(8)15-9/h2-3,5H,4H2,1H3,(H2,12,14,15). The Kier molecular flexibility index (Phi) is 2.53. The fraction of sp³-hybridized carbons (Fsp3) is 0.182. The number of hydrogen-bond acceptors (Lipinski definition) is 6. The molecule has 0 amide bonds. The first-order valence-corrected chi connectivity index (χ1v) is 6.89. The molecule has 0 aliphatic heterocycles. The lowest BCUT2D eigenvalue weighted by Crippen LogP contribution is -2.00. The molecule has 4 nitrogen and oxygen atoms in total. The Hall–Kier alpha value is -1.53. The van der Waals surface area contributed by atoms with Crippen LogP contribution in [-0.4, -0.2) is 15.0 Å². The Morgan fingerprint density at radius 3 is 2.88 bits per heavy atom. The van der Waals surface area contributed by atoms with Gasteiger partial charge < -0.3 is 5.73 Å². The highest BCUT2D eigenvalue weighted by molar-refractivity contribution is 7.16. The molecular weight excluding hydrogens is 252 g/mol. The van der Waals surface area contributed by atoms with Crippen molar-refractivity contribution >= 4 is 38.7 Å². The van der Waals surface area contributed by atoms with E-state index < -0.39 is 0 Å². The van der Waals surface area contributed by atoms with E-state index in [1.54, 1.807) is 22.7 Å². The van der Waals surface area contributed by atoms with Crippen molar-refractivity contribution in [2.75, 3.05) is 5.73 Å². The van der Waals surface area contributed by atoms with Crippen LogP contribution in [0.5, 0.6) is 0 Å². The number of nitrogen functional groups attached to an aromatic ring is 1. The molecule has 0 aromatic carbocycles. The van der Waals surface area contributed by atoms with E-state index in [0.29, 0.717) is 12.2 Å². The molecule has 0 saturated heterocycles. The van der Waals surface area contributed by atoms with Gasteiger partial charge in [-0.25, -0.2) is 15.0 Å². The van der Waals surface area contributed by atoms with Crippen LogP contribution in [0.25, 0.3) is 10.2 Å². The van der Waals surface area contributed by atoms with Gasteiger partial charge in [0.05, 0.1) is 22.5 Å². The first-order valence-electron chi connectivity index (χ1n) is 5.13. The monoisotopic (exact) mass is 262 g/mol. The lowest BCUT2D eigenvalue weighted by molar-refractivity contribution is 0.966. The molecule has 2 N–H and O–H groups in total. The molecule has 0 bridgehead atoms. The Balaban J connectivity index is 2.00. The van der Waals surface area contributed by atoms with Crippen LogP contribution in [0.3, 0.4) is 0 Å². The normalized spacial score (nSPS) is 11.1. The van der Waals surface area contributed by atoms with Gasteiger partial charge in [-0.3, -0.25) is 0 Å². The van der Waals surface area contributed by atoms with Crippen molar-refractivity contribution in [2.24, 2.45) is 0 Å². The van der Waals surface area contributed by atoms with Crippen molar-refractivity contribution in [3.8, 4) is 0 Å². The van der Waals surface area contributed by atoms with Crippen LogP contribution in [0.1, 0.15) is 16.5 Å². The summed E-state index contributed by atoms with van der Waals surface area (Å²) in [5.41, 5.74) is 6.90. The molecule has 6 heteroatoms. The van der Waals surface area contributed by atoms with Gasteiger partial charge in [-0.05, 0) is 18.4 Å². The van der Waals surface area contributed by atoms with E-state index >= 15 is 0 Å². The highest BCUT2D eigenvalue weighted by Gasteiger charge is 2.08. The van der Waals surface area contributed by atoms with E-state index in [1.165, 1.54) is 0 Å². The quantitative estimate of drug-likeness (QED) is 0.771. The van der Waals surface area contributed by atoms with Crippen molar-refractivity contribution in [1.82, 2.24) is 15.0 Å². The number of rotatable bonds is 2. The minimum atomic E-state index is 0.554.